The quantitative estimate of drug-likeness (QED) is 0.725. The van der Waals surface area contributed by atoms with Crippen molar-refractivity contribution in [1.29, 1.82) is 5.26 Å². The van der Waals surface area contributed by atoms with E-state index in [1.165, 1.54) is 0 Å². The monoisotopic (exact) mass is 216 g/mol. The van der Waals surface area contributed by atoms with Gasteiger partial charge in [-0.1, -0.05) is 0 Å². The third-order valence-electron chi connectivity index (χ3n) is 2.61. The first-order valence-electron chi connectivity index (χ1n) is 5.14. The summed E-state index contributed by atoms with van der Waals surface area (Å²) in [5.74, 6) is 0.673. The number of carbonyl (C=O) groups is 1. The van der Waals surface area contributed by atoms with Gasteiger partial charge in [-0.3, -0.25) is 4.79 Å². The van der Waals surface area contributed by atoms with Crippen LogP contribution in [0.4, 0.5) is 5.82 Å². The van der Waals surface area contributed by atoms with Crippen LogP contribution in [0.15, 0.2) is 18.3 Å². The average molecular weight is 216 g/mol. The van der Waals surface area contributed by atoms with Gasteiger partial charge in [-0.15, -0.1) is 0 Å². The van der Waals surface area contributed by atoms with Crippen LogP contribution in [0.5, 0.6) is 0 Å². The Morgan fingerprint density at radius 1 is 1.62 bits per heavy atom. The Balaban J connectivity index is 2.27. The van der Waals surface area contributed by atoms with Gasteiger partial charge in [0.05, 0.1) is 12.2 Å². The summed E-state index contributed by atoms with van der Waals surface area (Å²) < 4.78 is 0. The molecule has 1 amide bonds. The van der Waals surface area contributed by atoms with Gasteiger partial charge < -0.3 is 9.80 Å². The fourth-order valence-corrected chi connectivity index (χ4v) is 1.75. The maximum absolute atomic E-state index is 11.6. The molecule has 2 rings (SSSR count). The molecule has 0 spiro atoms. The number of pyridine rings is 1. The number of nitrogens with zero attached hydrogens (tertiary/aromatic N) is 4. The van der Waals surface area contributed by atoms with Gasteiger partial charge in [0.2, 0.25) is 5.91 Å². The Hall–Kier alpha value is -2.09. The van der Waals surface area contributed by atoms with Crippen molar-refractivity contribution < 1.29 is 4.79 Å². The van der Waals surface area contributed by atoms with Crippen molar-refractivity contribution in [3.8, 4) is 6.07 Å². The highest BCUT2D eigenvalue weighted by Crippen LogP contribution is 2.19. The van der Waals surface area contributed by atoms with Crippen molar-refractivity contribution in [1.82, 2.24) is 9.88 Å². The van der Waals surface area contributed by atoms with Gasteiger partial charge in [-0.05, 0) is 19.1 Å². The summed E-state index contributed by atoms with van der Waals surface area (Å²) in [6.07, 6.45) is 1.63. The molecule has 0 bridgehead atoms. The minimum absolute atomic E-state index is 0.0806. The molecule has 1 aromatic rings. The molecule has 0 atom stereocenters. The molecule has 82 valence electrons. The molecule has 0 aliphatic carbocycles. The zero-order chi connectivity index (χ0) is 11.5. The van der Waals surface area contributed by atoms with Crippen LogP contribution in [-0.2, 0) is 4.79 Å². The molecule has 16 heavy (non-hydrogen) atoms. The first-order valence-corrected chi connectivity index (χ1v) is 5.14. The average Bonchev–Trinajstić information content (AvgIpc) is 2.70. The fourth-order valence-electron chi connectivity index (χ4n) is 1.75. The van der Waals surface area contributed by atoms with Crippen LogP contribution in [0.3, 0.4) is 0 Å². The zero-order valence-electron chi connectivity index (χ0n) is 9.05. The number of carbonyl (C=O) groups excluding carboxylic acids is 1. The summed E-state index contributed by atoms with van der Waals surface area (Å²) in [7, 11) is 0. The highest BCUT2D eigenvalue weighted by Gasteiger charge is 2.28. The predicted octanol–water partition coefficient (Wildman–Crippen LogP) is 0.579. The van der Waals surface area contributed by atoms with E-state index in [9.17, 15) is 4.79 Å². The van der Waals surface area contributed by atoms with Crippen molar-refractivity contribution in [3.05, 3.63) is 23.9 Å². The second kappa shape index (κ2) is 4.19. The van der Waals surface area contributed by atoms with Crippen LogP contribution in [0.1, 0.15) is 12.5 Å². The lowest BCUT2D eigenvalue weighted by Crippen LogP contribution is -2.27. The van der Waals surface area contributed by atoms with E-state index in [1.807, 2.05) is 11.8 Å². The lowest BCUT2D eigenvalue weighted by molar-refractivity contribution is -0.126. The molecule has 0 aromatic carbocycles. The van der Waals surface area contributed by atoms with E-state index in [-0.39, 0.29) is 5.91 Å². The smallest absolute Gasteiger partial charge is 0.243 e. The van der Waals surface area contributed by atoms with Crippen LogP contribution in [0, 0.1) is 11.3 Å². The number of nitriles is 1. The first-order chi connectivity index (χ1) is 7.76. The van der Waals surface area contributed by atoms with E-state index in [1.54, 1.807) is 23.2 Å². The van der Waals surface area contributed by atoms with E-state index in [2.05, 4.69) is 11.1 Å². The zero-order valence-corrected chi connectivity index (χ0v) is 9.05. The Labute approximate surface area is 93.9 Å². The summed E-state index contributed by atoms with van der Waals surface area (Å²) in [6.45, 7) is 3.44. The van der Waals surface area contributed by atoms with Gasteiger partial charge in [-0.25, -0.2) is 4.98 Å². The summed E-state index contributed by atoms with van der Waals surface area (Å²) in [4.78, 5) is 19.3. The summed E-state index contributed by atoms with van der Waals surface area (Å²) in [6, 6.07) is 5.52. The highest BCUT2D eigenvalue weighted by atomic mass is 16.2. The number of anilines is 1. The molecule has 1 aliphatic rings. The van der Waals surface area contributed by atoms with E-state index < -0.39 is 0 Å². The molecule has 0 N–H and O–H groups in total. The van der Waals surface area contributed by atoms with Crippen LogP contribution in [0.25, 0.3) is 0 Å². The number of amides is 1. The van der Waals surface area contributed by atoms with Crippen LogP contribution >= 0.6 is 0 Å². The first kappa shape index (κ1) is 10.4. The molecule has 1 fully saturated rings. The van der Waals surface area contributed by atoms with E-state index in [0.717, 1.165) is 0 Å². The Bertz CT molecular complexity index is 452. The molecule has 5 heteroatoms. The third-order valence-corrected chi connectivity index (χ3v) is 2.61. The number of rotatable bonds is 2. The van der Waals surface area contributed by atoms with E-state index in [0.29, 0.717) is 31.1 Å². The van der Waals surface area contributed by atoms with Gasteiger partial charge in [0, 0.05) is 12.7 Å². The Morgan fingerprint density at radius 2 is 2.44 bits per heavy atom. The van der Waals surface area contributed by atoms with Crippen LogP contribution in [0.2, 0.25) is 0 Å². The minimum atomic E-state index is 0.0806. The second-order valence-corrected chi connectivity index (χ2v) is 3.58. The second-order valence-electron chi connectivity index (χ2n) is 3.58. The molecule has 5 nitrogen and oxygen atoms in total. The van der Waals surface area contributed by atoms with Crippen LogP contribution < -0.4 is 4.90 Å². The Kier molecular flexibility index (Phi) is 2.73. The van der Waals surface area contributed by atoms with Crippen molar-refractivity contribution >= 4 is 11.7 Å². The molecule has 1 aliphatic heterocycles. The van der Waals surface area contributed by atoms with E-state index in [4.69, 9.17) is 5.26 Å². The van der Waals surface area contributed by atoms with Gasteiger partial charge in [-0.2, -0.15) is 5.26 Å². The summed E-state index contributed by atoms with van der Waals surface area (Å²) in [5, 5.41) is 8.95. The fraction of sp³-hybridized carbons (Fsp3) is 0.364. The summed E-state index contributed by atoms with van der Waals surface area (Å²) in [5.41, 5.74) is 0.508. The highest BCUT2D eigenvalue weighted by molar-refractivity contribution is 5.84. The van der Waals surface area contributed by atoms with Gasteiger partial charge in [0.25, 0.3) is 0 Å². The largest absolute Gasteiger partial charge is 0.328 e. The van der Waals surface area contributed by atoms with Crippen molar-refractivity contribution in [2.75, 3.05) is 24.7 Å². The van der Waals surface area contributed by atoms with E-state index >= 15 is 0 Å². The topological polar surface area (TPSA) is 60.2 Å². The number of hydrogen-bond donors (Lipinski definition) is 0. The van der Waals surface area contributed by atoms with Crippen molar-refractivity contribution in [2.24, 2.45) is 0 Å². The number of aromatic nitrogens is 1. The van der Waals surface area contributed by atoms with Crippen LogP contribution in [-0.4, -0.2) is 35.5 Å². The molecule has 0 unspecified atom stereocenters. The predicted molar refractivity (Wildman–Crippen MR) is 58.6 cm³/mol. The molecule has 0 saturated carbocycles. The Morgan fingerprint density at radius 3 is 3.06 bits per heavy atom. The normalized spacial score (nSPS) is 15.4. The molecule has 2 heterocycles. The number of hydrogen-bond acceptors (Lipinski definition) is 4. The molecule has 1 aromatic heterocycles. The maximum atomic E-state index is 11.6. The lowest BCUT2D eigenvalue weighted by Gasteiger charge is -2.17. The standard InChI is InChI=1S/C11H12N4O/c1-2-14-8-15(7-10(14)16)11-9(6-12)4-3-5-13-11/h3-5H,2,7-8H2,1H3. The minimum Gasteiger partial charge on any atom is -0.328 e. The SMILES string of the molecule is CCN1CN(c2ncccc2C#N)CC1=O. The van der Waals surface area contributed by atoms with Crippen molar-refractivity contribution in [3.63, 3.8) is 0 Å². The van der Waals surface area contributed by atoms with Crippen molar-refractivity contribution in [2.45, 2.75) is 6.92 Å². The van der Waals surface area contributed by atoms with Gasteiger partial charge in [0.15, 0.2) is 0 Å². The molecule has 0 radical (unpaired) electrons. The van der Waals surface area contributed by atoms with Gasteiger partial charge in [0.1, 0.15) is 18.4 Å². The number of likely N-dealkylation sites (N-methyl/N-ethyl adjacent to an activating group) is 1. The van der Waals surface area contributed by atoms with Gasteiger partial charge >= 0.3 is 0 Å². The molecular weight excluding hydrogens is 204 g/mol. The maximum Gasteiger partial charge on any atom is 0.243 e. The lowest BCUT2D eigenvalue weighted by atomic mass is 10.2. The molecule has 1 saturated heterocycles. The third kappa shape index (κ3) is 1.70. The molecular formula is C11H12N4O. The summed E-state index contributed by atoms with van der Waals surface area (Å²) >= 11 is 0.